The van der Waals surface area contributed by atoms with Gasteiger partial charge in [0.15, 0.2) is 5.78 Å². The van der Waals surface area contributed by atoms with Crippen molar-refractivity contribution in [1.82, 2.24) is 10.2 Å². The molecule has 0 aromatic carbocycles. The lowest BCUT2D eigenvalue weighted by Gasteiger charge is -2.31. The molecule has 0 bridgehead atoms. The lowest BCUT2D eigenvalue weighted by Crippen LogP contribution is -2.45. The van der Waals surface area contributed by atoms with Crippen LogP contribution in [0, 0.1) is 0 Å². The number of halogens is 3. The Morgan fingerprint density at radius 3 is 2.75 bits per heavy atom. The molecule has 1 fully saturated rings. The SMILES string of the molecule is CC1NC=CC(C(F)(F)F)=C1C(=O)N1CCCC(=O)C1. The van der Waals surface area contributed by atoms with Gasteiger partial charge in [-0.05, 0) is 25.6 Å². The van der Waals surface area contributed by atoms with E-state index in [1.807, 2.05) is 0 Å². The number of alkyl halides is 3. The summed E-state index contributed by atoms with van der Waals surface area (Å²) in [6.45, 7) is 1.70. The maximum atomic E-state index is 13.0. The van der Waals surface area contributed by atoms with Crippen LogP contribution in [0.25, 0.3) is 0 Å². The predicted molar refractivity (Wildman–Crippen MR) is 65.6 cm³/mol. The third-order valence-electron chi connectivity index (χ3n) is 3.39. The molecule has 0 radical (unpaired) electrons. The average Bonchev–Trinajstić information content (AvgIpc) is 2.36. The van der Waals surface area contributed by atoms with Crippen LogP contribution in [0.2, 0.25) is 0 Å². The van der Waals surface area contributed by atoms with E-state index in [2.05, 4.69) is 5.32 Å². The van der Waals surface area contributed by atoms with Crippen molar-refractivity contribution in [1.29, 1.82) is 0 Å². The van der Waals surface area contributed by atoms with Gasteiger partial charge in [0.1, 0.15) is 0 Å². The van der Waals surface area contributed by atoms with Gasteiger partial charge in [0.2, 0.25) is 0 Å². The fourth-order valence-electron chi connectivity index (χ4n) is 2.41. The molecule has 0 aromatic rings. The summed E-state index contributed by atoms with van der Waals surface area (Å²) in [7, 11) is 0. The van der Waals surface area contributed by atoms with Crippen molar-refractivity contribution in [3.05, 3.63) is 23.4 Å². The molecule has 2 aliphatic rings. The fraction of sp³-hybridized carbons (Fsp3) is 0.538. The molecule has 7 heteroatoms. The average molecular weight is 288 g/mol. The molecule has 0 spiro atoms. The summed E-state index contributed by atoms with van der Waals surface area (Å²) in [4.78, 5) is 24.9. The molecule has 0 aliphatic carbocycles. The number of rotatable bonds is 1. The summed E-state index contributed by atoms with van der Waals surface area (Å²) in [6.07, 6.45) is -1.66. The van der Waals surface area contributed by atoms with Crippen LogP contribution in [0.15, 0.2) is 23.4 Å². The largest absolute Gasteiger partial charge is 0.417 e. The summed E-state index contributed by atoms with van der Waals surface area (Å²) >= 11 is 0. The number of allylic oxidation sites excluding steroid dienone is 2. The third kappa shape index (κ3) is 2.86. The molecule has 4 nitrogen and oxygen atoms in total. The van der Waals surface area contributed by atoms with Crippen molar-refractivity contribution in [2.75, 3.05) is 13.1 Å². The van der Waals surface area contributed by atoms with Crippen molar-refractivity contribution < 1.29 is 22.8 Å². The molecule has 1 unspecified atom stereocenters. The van der Waals surface area contributed by atoms with Gasteiger partial charge in [-0.2, -0.15) is 13.2 Å². The first-order valence-corrected chi connectivity index (χ1v) is 6.35. The summed E-state index contributed by atoms with van der Waals surface area (Å²) in [5, 5.41) is 2.69. The highest BCUT2D eigenvalue weighted by Crippen LogP contribution is 2.33. The van der Waals surface area contributed by atoms with Gasteiger partial charge < -0.3 is 10.2 Å². The van der Waals surface area contributed by atoms with Crippen LogP contribution < -0.4 is 5.32 Å². The minimum Gasteiger partial charge on any atom is -0.384 e. The molecule has 2 heterocycles. The first-order valence-electron chi connectivity index (χ1n) is 6.35. The minimum atomic E-state index is -4.59. The molecule has 0 saturated carbocycles. The van der Waals surface area contributed by atoms with E-state index < -0.39 is 23.7 Å². The van der Waals surface area contributed by atoms with Gasteiger partial charge >= 0.3 is 6.18 Å². The fourth-order valence-corrected chi connectivity index (χ4v) is 2.41. The quantitative estimate of drug-likeness (QED) is 0.796. The number of ketones is 1. The van der Waals surface area contributed by atoms with Gasteiger partial charge in [-0.3, -0.25) is 9.59 Å². The van der Waals surface area contributed by atoms with Crippen molar-refractivity contribution in [2.45, 2.75) is 32.0 Å². The Hall–Kier alpha value is -1.79. The van der Waals surface area contributed by atoms with Crippen molar-refractivity contribution >= 4 is 11.7 Å². The standard InChI is InChI=1S/C13H15F3N2O2/c1-8-11(10(4-5-17-8)13(14,15)16)12(20)18-6-2-3-9(19)7-18/h4-5,8,17H,2-3,6-7H2,1H3. The highest BCUT2D eigenvalue weighted by atomic mass is 19.4. The monoisotopic (exact) mass is 288 g/mol. The highest BCUT2D eigenvalue weighted by Gasteiger charge is 2.40. The normalized spacial score (nSPS) is 23.9. The molecule has 0 aromatic heterocycles. The van der Waals surface area contributed by atoms with Crippen LogP contribution in [0.5, 0.6) is 0 Å². The molecular formula is C13H15F3N2O2. The number of piperidine rings is 1. The molecule has 1 atom stereocenters. The molecule has 20 heavy (non-hydrogen) atoms. The maximum Gasteiger partial charge on any atom is 0.417 e. The number of hydrogen-bond donors (Lipinski definition) is 1. The van der Waals surface area contributed by atoms with Gasteiger partial charge in [-0.15, -0.1) is 0 Å². The summed E-state index contributed by atoms with van der Waals surface area (Å²) < 4.78 is 39.0. The van der Waals surface area contributed by atoms with Crippen LogP contribution >= 0.6 is 0 Å². The second kappa shape index (κ2) is 5.30. The number of amides is 1. The number of carbonyl (C=O) groups excluding carboxylic acids is 2. The summed E-state index contributed by atoms with van der Waals surface area (Å²) in [5.41, 5.74) is -1.26. The Morgan fingerprint density at radius 2 is 2.15 bits per heavy atom. The smallest absolute Gasteiger partial charge is 0.384 e. The van der Waals surface area contributed by atoms with E-state index in [1.54, 1.807) is 0 Å². The molecular weight excluding hydrogens is 273 g/mol. The molecule has 1 amide bonds. The molecule has 1 saturated heterocycles. The third-order valence-corrected chi connectivity index (χ3v) is 3.39. The van der Waals surface area contributed by atoms with Crippen molar-refractivity contribution in [3.8, 4) is 0 Å². The first-order chi connectivity index (χ1) is 9.30. The topological polar surface area (TPSA) is 49.4 Å². The van der Waals surface area contributed by atoms with E-state index in [4.69, 9.17) is 0 Å². The Kier molecular flexibility index (Phi) is 3.87. The number of likely N-dealkylation sites (tertiary alicyclic amines) is 1. The van der Waals surface area contributed by atoms with Crippen LogP contribution in [-0.4, -0.2) is 41.9 Å². The van der Waals surface area contributed by atoms with E-state index >= 15 is 0 Å². The Bertz CT molecular complexity index is 494. The van der Waals surface area contributed by atoms with Gasteiger partial charge in [-0.25, -0.2) is 0 Å². The molecule has 2 aliphatic heterocycles. The van der Waals surface area contributed by atoms with Crippen LogP contribution in [0.1, 0.15) is 19.8 Å². The van der Waals surface area contributed by atoms with Gasteiger partial charge in [-0.1, -0.05) is 0 Å². The maximum absolute atomic E-state index is 13.0. The van der Waals surface area contributed by atoms with E-state index in [1.165, 1.54) is 18.0 Å². The number of hydrogen-bond acceptors (Lipinski definition) is 3. The van der Waals surface area contributed by atoms with Crippen LogP contribution in [0.3, 0.4) is 0 Å². The predicted octanol–water partition coefficient (Wildman–Crippen LogP) is 1.54. The number of nitrogens with one attached hydrogen (secondary N) is 1. The first kappa shape index (κ1) is 14.6. The lowest BCUT2D eigenvalue weighted by molar-refractivity contribution is -0.135. The van der Waals surface area contributed by atoms with E-state index in [0.717, 1.165) is 6.08 Å². The van der Waals surface area contributed by atoms with E-state index in [9.17, 15) is 22.8 Å². The number of Topliss-reactive ketones (excluding diaryl/α,β-unsaturated/α-hetero) is 1. The zero-order valence-electron chi connectivity index (χ0n) is 11.0. The Labute approximate surface area is 114 Å². The van der Waals surface area contributed by atoms with E-state index in [0.29, 0.717) is 19.4 Å². The number of dihydropyridines is 1. The second-order valence-electron chi connectivity index (χ2n) is 4.92. The molecule has 2 rings (SSSR count). The van der Waals surface area contributed by atoms with Gasteiger partial charge in [0.25, 0.3) is 5.91 Å². The Balaban J connectivity index is 2.35. The minimum absolute atomic E-state index is 0.107. The number of carbonyl (C=O) groups is 2. The highest BCUT2D eigenvalue weighted by molar-refractivity contribution is 5.99. The van der Waals surface area contributed by atoms with Crippen LogP contribution in [0.4, 0.5) is 13.2 Å². The zero-order chi connectivity index (χ0) is 14.9. The zero-order valence-corrected chi connectivity index (χ0v) is 11.0. The second-order valence-corrected chi connectivity index (χ2v) is 4.92. The number of nitrogens with zero attached hydrogens (tertiary/aromatic N) is 1. The molecule has 110 valence electrons. The van der Waals surface area contributed by atoms with Gasteiger partial charge in [0, 0.05) is 13.0 Å². The Morgan fingerprint density at radius 1 is 1.45 bits per heavy atom. The van der Waals surface area contributed by atoms with Crippen molar-refractivity contribution in [2.24, 2.45) is 0 Å². The lowest BCUT2D eigenvalue weighted by atomic mass is 9.96. The van der Waals surface area contributed by atoms with Gasteiger partial charge in [0.05, 0.1) is 23.7 Å². The molecule has 1 N–H and O–H groups in total. The van der Waals surface area contributed by atoms with E-state index in [-0.39, 0.29) is 17.9 Å². The summed E-state index contributed by atoms with van der Waals surface area (Å²) in [6, 6.07) is -0.735. The van der Waals surface area contributed by atoms with Crippen molar-refractivity contribution in [3.63, 3.8) is 0 Å². The van der Waals surface area contributed by atoms with Crippen LogP contribution in [-0.2, 0) is 9.59 Å². The summed E-state index contributed by atoms with van der Waals surface area (Å²) in [5.74, 6) is -0.833.